The second-order valence-electron chi connectivity index (χ2n) is 7.64. The van der Waals surface area contributed by atoms with E-state index in [2.05, 4.69) is 6.07 Å². The standard InChI is InChI=1S/C23H26FNO3/c1-27-20-8-2-5-17(15-20)21-9-4-12-25(21)22(26)23(10-13-28-14-11-23)18-6-3-7-19(24)16-18/h2-3,5-8,15-16,21H,4,9-14H2,1H3. The highest BCUT2D eigenvalue weighted by Gasteiger charge is 2.46. The van der Waals surface area contributed by atoms with Crippen molar-refractivity contribution in [1.29, 1.82) is 0 Å². The summed E-state index contributed by atoms with van der Waals surface area (Å²) in [5.41, 5.74) is 1.13. The molecule has 1 atom stereocenters. The van der Waals surface area contributed by atoms with Gasteiger partial charge in [0.1, 0.15) is 11.6 Å². The molecular weight excluding hydrogens is 357 g/mol. The Morgan fingerprint density at radius 3 is 2.71 bits per heavy atom. The van der Waals surface area contributed by atoms with E-state index in [1.165, 1.54) is 12.1 Å². The second kappa shape index (κ2) is 7.92. The van der Waals surface area contributed by atoms with Crippen LogP contribution in [0.1, 0.15) is 42.9 Å². The molecule has 2 fully saturated rings. The Hall–Kier alpha value is -2.40. The summed E-state index contributed by atoms with van der Waals surface area (Å²) in [7, 11) is 1.65. The van der Waals surface area contributed by atoms with E-state index < -0.39 is 5.41 Å². The monoisotopic (exact) mass is 383 g/mol. The summed E-state index contributed by atoms with van der Waals surface area (Å²) in [6.07, 6.45) is 3.05. The molecule has 0 aromatic heterocycles. The molecule has 2 aromatic carbocycles. The molecular formula is C23H26FNO3. The molecule has 0 spiro atoms. The molecule has 2 aromatic rings. The van der Waals surface area contributed by atoms with Crippen molar-refractivity contribution in [2.75, 3.05) is 26.9 Å². The molecule has 2 aliphatic rings. The van der Waals surface area contributed by atoms with E-state index in [4.69, 9.17) is 9.47 Å². The molecule has 28 heavy (non-hydrogen) atoms. The highest BCUT2D eigenvalue weighted by atomic mass is 19.1. The largest absolute Gasteiger partial charge is 0.497 e. The van der Waals surface area contributed by atoms with Crippen LogP contribution in [0, 0.1) is 5.82 Å². The molecule has 2 heterocycles. The lowest BCUT2D eigenvalue weighted by molar-refractivity contribution is -0.142. The predicted octanol–water partition coefficient (Wildman–Crippen LogP) is 4.25. The summed E-state index contributed by atoms with van der Waals surface area (Å²) in [6, 6.07) is 14.5. The number of benzene rings is 2. The van der Waals surface area contributed by atoms with Gasteiger partial charge in [0.25, 0.3) is 0 Å². The van der Waals surface area contributed by atoms with Crippen LogP contribution in [0.4, 0.5) is 4.39 Å². The Balaban J connectivity index is 1.70. The fourth-order valence-electron chi connectivity index (χ4n) is 4.61. The molecule has 2 aliphatic heterocycles. The number of methoxy groups -OCH3 is 1. The number of amides is 1. The van der Waals surface area contributed by atoms with Crippen molar-refractivity contribution < 1.29 is 18.7 Å². The van der Waals surface area contributed by atoms with Gasteiger partial charge >= 0.3 is 0 Å². The van der Waals surface area contributed by atoms with Crippen LogP contribution in [0.25, 0.3) is 0 Å². The summed E-state index contributed by atoms with van der Waals surface area (Å²) in [5.74, 6) is 0.580. The van der Waals surface area contributed by atoms with Crippen LogP contribution in [-0.4, -0.2) is 37.7 Å². The third kappa shape index (κ3) is 3.39. The van der Waals surface area contributed by atoms with Gasteiger partial charge in [-0.3, -0.25) is 4.79 Å². The minimum atomic E-state index is -0.720. The van der Waals surface area contributed by atoms with Gasteiger partial charge in [-0.05, 0) is 61.1 Å². The molecule has 148 valence electrons. The van der Waals surface area contributed by atoms with Crippen LogP contribution in [0.3, 0.4) is 0 Å². The van der Waals surface area contributed by atoms with E-state index in [-0.39, 0.29) is 17.8 Å². The van der Waals surface area contributed by atoms with Gasteiger partial charge in [0, 0.05) is 19.8 Å². The van der Waals surface area contributed by atoms with Crippen molar-refractivity contribution in [3.05, 3.63) is 65.5 Å². The third-order valence-corrected chi connectivity index (χ3v) is 6.13. The van der Waals surface area contributed by atoms with Gasteiger partial charge in [0.15, 0.2) is 0 Å². The van der Waals surface area contributed by atoms with Gasteiger partial charge in [-0.1, -0.05) is 24.3 Å². The molecule has 0 aliphatic carbocycles. The normalized spacial score (nSPS) is 21.5. The van der Waals surface area contributed by atoms with E-state index >= 15 is 0 Å². The summed E-state index contributed by atoms with van der Waals surface area (Å²) >= 11 is 0. The lowest BCUT2D eigenvalue weighted by atomic mass is 9.72. The van der Waals surface area contributed by atoms with Gasteiger partial charge in [-0.25, -0.2) is 4.39 Å². The number of hydrogen-bond acceptors (Lipinski definition) is 3. The summed E-state index contributed by atoms with van der Waals surface area (Å²) < 4.78 is 24.9. The minimum Gasteiger partial charge on any atom is -0.497 e. The smallest absolute Gasteiger partial charge is 0.233 e. The first kappa shape index (κ1) is 18.9. The van der Waals surface area contributed by atoms with Crippen molar-refractivity contribution in [3.63, 3.8) is 0 Å². The highest BCUT2D eigenvalue weighted by Crippen LogP contribution is 2.42. The first-order chi connectivity index (χ1) is 13.6. The van der Waals surface area contributed by atoms with Crippen molar-refractivity contribution in [1.82, 2.24) is 4.90 Å². The van der Waals surface area contributed by atoms with Gasteiger partial charge in [-0.2, -0.15) is 0 Å². The predicted molar refractivity (Wildman–Crippen MR) is 105 cm³/mol. The van der Waals surface area contributed by atoms with Crippen LogP contribution < -0.4 is 4.74 Å². The second-order valence-corrected chi connectivity index (χ2v) is 7.64. The van der Waals surface area contributed by atoms with E-state index in [9.17, 15) is 9.18 Å². The number of halogens is 1. The van der Waals surface area contributed by atoms with Crippen molar-refractivity contribution in [2.24, 2.45) is 0 Å². The zero-order valence-corrected chi connectivity index (χ0v) is 16.2. The number of carbonyl (C=O) groups is 1. The molecule has 0 radical (unpaired) electrons. The van der Waals surface area contributed by atoms with E-state index in [0.29, 0.717) is 26.1 Å². The van der Waals surface area contributed by atoms with Crippen LogP contribution >= 0.6 is 0 Å². The average molecular weight is 383 g/mol. The van der Waals surface area contributed by atoms with E-state index in [1.54, 1.807) is 13.2 Å². The summed E-state index contributed by atoms with van der Waals surface area (Å²) in [5, 5.41) is 0. The van der Waals surface area contributed by atoms with Gasteiger partial charge < -0.3 is 14.4 Å². The Labute approximate surface area is 165 Å². The zero-order valence-electron chi connectivity index (χ0n) is 16.2. The Kier molecular flexibility index (Phi) is 5.36. The Morgan fingerprint density at radius 2 is 1.96 bits per heavy atom. The summed E-state index contributed by atoms with van der Waals surface area (Å²) in [6.45, 7) is 1.75. The third-order valence-electron chi connectivity index (χ3n) is 6.13. The highest BCUT2D eigenvalue weighted by molar-refractivity contribution is 5.89. The first-order valence-corrected chi connectivity index (χ1v) is 9.93. The topological polar surface area (TPSA) is 38.8 Å². The lowest BCUT2D eigenvalue weighted by Gasteiger charge is -2.41. The molecule has 4 nitrogen and oxygen atoms in total. The fourth-order valence-corrected chi connectivity index (χ4v) is 4.61. The average Bonchev–Trinajstić information content (AvgIpc) is 3.23. The maximum absolute atomic E-state index is 14.0. The molecule has 1 amide bonds. The molecule has 5 heteroatoms. The minimum absolute atomic E-state index is 0.0240. The van der Waals surface area contributed by atoms with Crippen LogP contribution in [-0.2, 0) is 14.9 Å². The van der Waals surface area contributed by atoms with Gasteiger partial charge in [0.05, 0.1) is 18.6 Å². The van der Waals surface area contributed by atoms with Gasteiger partial charge in [-0.15, -0.1) is 0 Å². The van der Waals surface area contributed by atoms with E-state index in [0.717, 1.165) is 36.3 Å². The molecule has 4 rings (SSSR count). The Morgan fingerprint density at radius 1 is 1.18 bits per heavy atom. The quantitative estimate of drug-likeness (QED) is 0.792. The number of nitrogens with zero attached hydrogens (tertiary/aromatic N) is 1. The van der Waals surface area contributed by atoms with Crippen LogP contribution in [0.5, 0.6) is 5.75 Å². The summed E-state index contributed by atoms with van der Waals surface area (Å²) in [4.78, 5) is 15.9. The SMILES string of the molecule is COc1cccc(C2CCCN2C(=O)C2(c3cccc(F)c3)CCOCC2)c1. The van der Waals surface area contributed by atoms with Crippen LogP contribution in [0.15, 0.2) is 48.5 Å². The maximum Gasteiger partial charge on any atom is 0.233 e. The molecule has 0 saturated carbocycles. The molecule has 0 bridgehead atoms. The van der Waals surface area contributed by atoms with E-state index in [1.807, 2.05) is 29.2 Å². The van der Waals surface area contributed by atoms with Crippen molar-refractivity contribution >= 4 is 5.91 Å². The fraction of sp³-hybridized carbons (Fsp3) is 0.435. The number of ether oxygens (including phenoxy) is 2. The van der Waals surface area contributed by atoms with Gasteiger partial charge in [0.2, 0.25) is 5.91 Å². The lowest BCUT2D eigenvalue weighted by Crippen LogP contribution is -2.49. The zero-order chi connectivity index (χ0) is 19.6. The Bertz CT molecular complexity index is 847. The molecule has 1 unspecified atom stereocenters. The number of likely N-dealkylation sites (tertiary alicyclic amines) is 1. The molecule has 0 N–H and O–H groups in total. The first-order valence-electron chi connectivity index (χ1n) is 9.93. The maximum atomic E-state index is 14.0. The van der Waals surface area contributed by atoms with Crippen LogP contribution in [0.2, 0.25) is 0 Å². The van der Waals surface area contributed by atoms with Crippen molar-refractivity contribution in [2.45, 2.75) is 37.1 Å². The van der Waals surface area contributed by atoms with Crippen molar-refractivity contribution in [3.8, 4) is 5.75 Å². The number of carbonyl (C=O) groups excluding carboxylic acids is 1. The number of rotatable bonds is 4. The molecule has 2 saturated heterocycles. The number of hydrogen-bond donors (Lipinski definition) is 0.